The Hall–Kier alpha value is -0.680. The second kappa shape index (κ2) is 5.60. The lowest BCUT2D eigenvalue weighted by atomic mass is 10.4. The molecule has 0 saturated carbocycles. The molecule has 0 aromatic heterocycles. The van der Waals surface area contributed by atoms with Crippen molar-refractivity contribution >= 4 is 47.0 Å². The Kier molecular flexibility index (Phi) is 3.65. The van der Waals surface area contributed by atoms with Gasteiger partial charge in [-0.3, -0.25) is 0 Å². The second-order valence-corrected chi connectivity index (χ2v) is 9.13. The molecular weight excluding hydrogens is 320 g/mol. The van der Waals surface area contributed by atoms with Crippen LogP contribution in [0.15, 0.2) is 88.7 Å². The first kappa shape index (κ1) is 13.0. The van der Waals surface area contributed by atoms with Gasteiger partial charge in [0, 0.05) is 28.1 Å². The van der Waals surface area contributed by atoms with E-state index in [1.807, 2.05) is 47.0 Å². The fraction of sp³-hybridized carbons (Fsp3) is 0. The number of thioether (sulfide) groups is 4. The highest BCUT2D eigenvalue weighted by molar-refractivity contribution is 8.25. The van der Waals surface area contributed by atoms with Gasteiger partial charge in [0.1, 0.15) is 0 Å². The van der Waals surface area contributed by atoms with Crippen LogP contribution < -0.4 is 0 Å². The first-order valence-electron chi connectivity index (χ1n) is 6.20. The number of hydrogen-bond donors (Lipinski definition) is 0. The van der Waals surface area contributed by atoms with Crippen LogP contribution in [0.25, 0.3) is 0 Å². The van der Waals surface area contributed by atoms with Crippen LogP contribution in [0.5, 0.6) is 0 Å². The van der Waals surface area contributed by atoms with Crippen molar-refractivity contribution in [3.05, 3.63) is 69.2 Å². The molecule has 0 atom stereocenters. The molecule has 4 heteroatoms. The van der Waals surface area contributed by atoms with E-state index in [0.29, 0.717) is 0 Å². The van der Waals surface area contributed by atoms with E-state index < -0.39 is 0 Å². The van der Waals surface area contributed by atoms with Crippen molar-refractivity contribution in [2.45, 2.75) is 19.6 Å². The Morgan fingerprint density at radius 1 is 0.500 bits per heavy atom. The van der Waals surface area contributed by atoms with Gasteiger partial charge >= 0.3 is 0 Å². The maximum atomic E-state index is 2.25. The number of fused-ring (bicyclic) bond motifs is 2. The quantitative estimate of drug-likeness (QED) is 0.587. The lowest BCUT2D eigenvalue weighted by Crippen LogP contribution is -1.65. The standard InChI is InChI=1S/C16H10S4/c1-2-6-12-11(5-1)17-15(18-12)9-10-16-19-13-7-3-4-8-14(13)20-16/h1-10H. The average molecular weight is 331 g/mol. The molecule has 0 unspecified atom stereocenters. The highest BCUT2D eigenvalue weighted by atomic mass is 32.2. The third-order valence-electron chi connectivity index (χ3n) is 2.90. The summed E-state index contributed by atoms with van der Waals surface area (Å²) in [7, 11) is 0. The van der Waals surface area contributed by atoms with Crippen molar-refractivity contribution in [2.24, 2.45) is 0 Å². The molecule has 0 nitrogen and oxygen atoms in total. The summed E-state index contributed by atoms with van der Waals surface area (Å²) in [6.45, 7) is 0. The van der Waals surface area contributed by atoms with E-state index in [4.69, 9.17) is 0 Å². The first-order chi connectivity index (χ1) is 9.88. The van der Waals surface area contributed by atoms with Gasteiger partial charge in [-0.2, -0.15) is 0 Å². The predicted octanol–water partition coefficient (Wildman–Crippen LogP) is 6.47. The van der Waals surface area contributed by atoms with Crippen LogP contribution in [0.4, 0.5) is 0 Å². The summed E-state index contributed by atoms with van der Waals surface area (Å²) in [4.78, 5) is 5.49. The van der Waals surface area contributed by atoms with E-state index in [9.17, 15) is 0 Å². The van der Waals surface area contributed by atoms with Crippen LogP contribution in [0.1, 0.15) is 0 Å². The molecular formula is C16H10S4. The summed E-state index contributed by atoms with van der Waals surface area (Å²) < 4.78 is 2.71. The molecule has 2 heterocycles. The van der Waals surface area contributed by atoms with Crippen LogP contribution in [0, 0.1) is 0 Å². The summed E-state index contributed by atoms with van der Waals surface area (Å²) >= 11 is 7.46. The Morgan fingerprint density at radius 2 is 0.800 bits per heavy atom. The zero-order valence-corrected chi connectivity index (χ0v) is 13.7. The fourth-order valence-corrected chi connectivity index (χ4v) is 6.57. The van der Waals surface area contributed by atoms with Gasteiger partial charge < -0.3 is 0 Å². The summed E-state index contributed by atoms with van der Waals surface area (Å²) in [5.74, 6) is 0. The minimum absolute atomic E-state index is 1.36. The van der Waals surface area contributed by atoms with Crippen LogP contribution in [-0.4, -0.2) is 0 Å². The molecule has 2 aliphatic rings. The largest absolute Gasteiger partial charge is 0.0815 e. The smallest absolute Gasteiger partial charge is 0.0500 e. The van der Waals surface area contributed by atoms with Gasteiger partial charge in [-0.15, -0.1) is 0 Å². The van der Waals surface area contributed by atoms with Crippen LogP contribution in [0.2, 0.25) is 0 Å². The van der Waals surface area contributed by atoms with Gasteiger partial charge in [-0.05, 0) is 36.4 Å². The lowest BCUT2D eigenvalue weighted by Gasteiger charge is -1.92. The normalized spacial score (nSPS) is 16.0. The van der Waals surface area contributed by atoms with Crippen molar-refractivity contribution in [1.82, 2.24) is 0 Å². The molecule has 0 spiro atoms. The highest BCUT2D eigenvalue weighted by Gasteiger charge is 2.18. The number of hydrogen-bond acceptors (Lipinski definition) is 4. The maximum absolute atomic E-state index is 2.25. The van der Waals surface area contributed by atoms with Crippen molar-refractivity contribution < 1.29 is 0 Å². The molecule has 0 bridgehead atoms. The molecule has 98 valence electrons. The SMILES string of the molecule is C(C=C1Sc2ccccc2S1)=C1Sc2ccccc2S1. The van der Waals surface area contributed by atoms with E-state index in [1.165, 1.54) is 28.1 Å². The Labute approximate surface area is 135 Å². The molecule has 2 aliphatic heterocycles. The summed E-state index contributed by atoms with van der Waals surface area (Å²) in [5, 5.41) is 0. The monoisotopic (exact) mass is 330 g/mol. The van der Waals surface area contributed by atoms with Gasteiger partial charge in [0.05, 0.1) is 0 Å². The molecule has 2 aromatic carbocycles. The van der Waals surface area contributed by atoms with Crippen LogP contribution in [-0.2, 0) is 0 Å². The van der Waals surface area contributed by atoms with Crippen LogP contribution in [0.3, 0.4) is 0 Å². The van der Waals surface area contributed by atoms with Gasteiger partial charge in [-0.1, -0.05) is 71.3 Å². The molecule has 0 N–H and O–H groups in total. The number of allylic oxidation sites excluding steroid dienone is 2. The molecule has 0 fully saturated rings. The predicted molar refractivity (Wildman–Crippen MR) is 92.5 cm³/mol. The Balaban J connectivity index is 1.53. The van der Waals surface area contributed by atoms with Gasteiger partial charge in [0.15, 0.2) is 0 Å². The summed E-state index contributed by atoms with van der Waals surface area (Å²) in [5.41, 5.74) is 0. The first-order valence-corrected chi connectivity index (χ1v) is 9.46. The van der Waals surface area contributed by atoms with Crippen molar-refractivity contribution in [3.63, 3.8) is 0 Å². The summed E-state index contributed by atoms with van der Waals surface area (Å²) in [6, 6.07) is 17.2. The van der Waals surface area contributed by atoms with Gasteiger partial charge in [-0.25, -0.2) is 0 Å². The molecule has 0 aliphatic carbocycles. The number of benzene rings is 2. The van der Waals surface area contributed by atoms with E-state index in [-0.39, 0.29) is 0 Å². The molecule has 2 aromatic rings. The fourth-order valence-electron chi connectivity index (χ4n) is 1.98. The summed E-state index contributed by atoms with van der Waals surface area (Å²) in [6.07, 6.45) is 4.49. The molecule has 0 radical (unpaired) electrons. The van der Waals surface area contributed by atoms with Crippen LogP contribution >= 0.6 is 47.0 Å². The van der Waals surface area contributed by atoms with Gasteiger partial charge in [0.25, 0.3) is 0 Å². The average Bonchev–Trinajstić information content (AvgIpc) is 3.07. The molecule has 4 rings (SSSR count). The zero-order chi connectivity index (χ0) is 13.4. The minimum Gasteiger partial charge on any atom is -0.0815 e. The van der Waals surface area contributed by atoms with E-state index in [2.05, 4.69) is 60.7 Å². The topological polar surface area (TPSA) is 0 Å². The Bertz CT molecular complexity index is 613. The second-order valence-electron chi connectivity index (χ2n) is 4.27. The molecule has 0 saturated heterocycles. The van der Waals surface area contributed by atoms with Gasteiger partial charge in [0.2, 0.25) is 0 Å². The third-order valence-corrected chi connectivity index (χ3v) is 7.81. The van der Waals surface area contributed by atoms with E-state index in [0.717, 1.165) is 0 Å². The highest BCUT2D eigenvalue weighted by Crippen LogP contribution is 2.53. The maximum Gasteiger partial charge on any atom is 0.0500 e. The third kappa shape index (κ3) is 2.58. The van der Waals surface area contributed by atoms with E-state index >= 15 is 0 Å². The molecule has 0 amide bonds. The van der Waals surface area contributed by atoms with Crippen molar-refractivity contribution in [1.29, 1.82) is 0 Å². The van der Waals surface area contributed by atoms with Crippen molar-refractivity contribution in [3.8, 4) is 0 Å². The minimum atomic E-state index is 1.36. The lowest BCUT2D eigenvalue weighted by molar-refractivity contribution is 1.27. The van der Waals surface area contributed by atoms with Crippen molar-refractivity contribution in [2.75, 3.05) is 0 Å². The molecule has 20 heavy (non-hydrogen) atoms. The zero-order valence-electron chi connectivity index (χ0n) is 10.4. The Morgan fingerprint density at radius 3 is 1.10 bits per heavy atom. The van der Waals surface area contributed by atoms with E-state index in [1.54, 1.807) is 0 Å². The number of rotatable bonds is 1.